The normalized spacial score (nSPS) is 14.9. The van der Waals surface area contributed by atoms with E-state index in [9.17, 15) is 9.59 Å². The Hall–Kier alpha value is -2.63. The van der Waals surface area contributed by atoms with Gasteiger partial charge in [-0.25, -0.2) is 4.98 Å². The molecule has 1 amide bonds. The van der Waals surface area contributed by atoms with E-state index in [0.717, 1.165) is 18.5 Å². The van der Waals surface area contributed by atoms with Crippen molar-refractivity contribution in [2.45, 2.75) is 31.7 Å². The maximum atomic E-state index is 12.2. The molecule has 2 N–H and O–H groups in total. The van der Waals surface area contributed by atoms with Gasteiger partial charge in [-0.05, 0) is 31.9 Å². The number of nitrogens with one attached hydrogen (secondary N) is 2. The molecular formula is C18H22N4O2. The van der Waals surface area contributed by atoms with Gasteiger partial charge in [0.1, 0.15) is 11.4 Å². The van der Waals surface area contributed by atoms with E-state index in [1.54, 1.807) is 0 Å². The lowest BCUT2D eigenvalue weighted by Gasteiger charge is -2.27. The Morgan fingerprint density at radius 2 is 2.08 bits per heavy atom. The van der Waals surface area contributed by atoms with Crippen LogP contribution in [0.5, 0.6) is 0 Å². The van der Waals surface area contributed by atoms with Gasteiger partial charge in [0.2, 0.25) is 0 Å². The molecule has 1 atom stereocenters. The molecule has 6 heteroatoms. The molecule has 1 unspecified atom stereocenters. The second-order valence-electron chi connectivity index (χ2n) is 6.29. The maximum absolute atomic E-state index is 12.2. The van der Waals surface area contributed by atoms with Gasteiger partial charge in [-0.2, -0.15) is 0 Å². The Bertz CT molecular complexity index is 768. The van der Waals surface area contributed by atoms with Crippen LogP contribution in [0.3, 0.4) is 0 Å². The van der Waals surface area contributed by atoms with Crippen LogP contribution < -0.4 is 15.8 Å². The molecule has 3 rings (SSSR count). The van der Waals surface area contributed by atoms with Crippen LogP contribution >= 0.6 is 0 Å². The molecule has 0 aliphatic heterocycles. The standard InChI is InChI=1S/C18H22N4O2/c1-12(22(2)14-6-4-3-5-7-14)10-20-17(23)15-11-19-16(13-8-9-13)21-18(15)24/h3-7,11-13H,8-10H2,1-2H3,(H,20,23)(H,19,21,24). The van der Waals surface area contributed by atoms with Gasteiger partial charge in [0, 0.05) is 37.4 Å². The van der Waals surface area contributed by atoms with Crippen LogP contribution in [0.4, 0.5) is 5.69 Å². The number of hydrogen-bond donors (Lipinski definition) is 2. The van der Waals surface area contributed by atoms with Crippen LogP contribution in [0.15, 0.2) is 41.3 Å². The highest BCUT2D eigenvalue weighted by atomic mass is 16.2. The third-order valence-corrected chi connectivity index (χ3v) is 4.41. The molecule has 126 valence electrons. The molecule has 6 nitrogen and oxygen atoms in total. The summed E-state index contributed by atoms with van der Waals surface area (Å²) in [7, 11) is 1.98. The zero-order chi connectivity index (χ0) is 17.1. The summed E-state index contributed by atoms with van der Waals surface area (Å²) in [6, 6.07) is 10.0. The molecule has 1 aromatic heterocycles. The number of benzene rings is 1. The minimum absolute atomic E-state index is 0.0639. The van der Waals surface area contributed by atoms with Crippen LogP contribution in [0, 0.1) is 0 Å². The van der Waals surface area contributed by atoms with Gasteiger partial charge in [-0.1, -0.05) is 18.2 Å². The summed E-state index contributed by atoms with van der Waals surface area (Å²) in [5.74, 6) is 0.655. The Morgan fingerprint density at radius 1 is 1.38 bits per heavy atom. The summed E-state index contributed by atoms with van der Waals surface area (Å²) in [6.07, 6.45) is 3.49. The molecule has 0 saturated heterocycles. The average molecular weight is 326 g/mol. The highest BCUT2D eigenvalue weighted by molar-refractivity contribution is 5.93. The van der Waals surface area contributed by atoms with E-state index in [1.165, 1.54) is 6.20 Å². The molecule has 24 heavy (non-hydrogen) atoms. The summed E-state index contributed by atoms with van der Waals surface area (Å²) in [6.45, 7) is 2.46. The fourth-order valence-electron chi connectivity index (χ4n) is 2.52. The minimum Gasteiger partial charge on any atom is -0.370 e. The molecule has 1 heterocycles. The highest BCUT2D eigenvalue weighted by Crippen LogP contribution is 2.37. The van der Waals surface area contributed by atoms with E-state index in [1.807, 2.05) is 44.3 Å². The van der Waals surface area contributed by atoms with Crippen molar-refractivity contribution in [1.82, 2.24) is 15.3 Å². The Balaban J connectivity index is 1.60. The SMILES string of the molecule is CC(CNC(=O)c1cnc(C2CC2)[nH]c1=O)N(C)c1ccccc1. The summed E-state index contributed by atoms with van der Waals surface area (Å²) >= 11 is 0. The second-order valence-corrected chi connectivity index (χ2v) is 6.29. The van der Waals surface area contributed by atoms with E-state index < -0.39 is 0 Å². The first-order valence-electron chi connectivity index (χ1n) is 8.21. The lowest BCUT2D eigenvalue weighted by molar-refractivity contribution is 0.0949. The zero-order valence-corrected chi connectivity index (χ0v) is 14.0. The van der Waals surface area contributed by atoms with Gasteiger partial charge in [0.25, 0.3) is 11.5 Å². The maximum Gasteiger partial charge on any atom is 0.263 e. The Labute approximate surface area is 140 Å². The van der Waals surface area contributed by atoms with Crippen LogP contribution in [-0.4, -0.2) is 35.5 Å². The fraction of sp³-hybridized carbons (Fsp3) is 0.389. The van der Waals surface area contributed by atoms with Crippen molar-refractivity contribution in [3.63, 3.8) is 0 Å². The zero-order valence-electron chi connectivity index (χ0n) is 14.0. The molecule has 1 fully saturated rings. The number of amides is 1. The van der Waals surface area contributed by atoms with E-state index in [0.29, 0.717) is 18.3 Å². The molecule has 1 aliphatic rings. The first-order chi connectivity index (χ1) is 11.6. The molecule has 1 aliphatic carbocycles. The number of H-pyrrole nitrogens is 1. The van der Waals surface area contributed by atoms with Crippen molar-refractivity contribution in [3.8, 4) is 0 Å². The number of rotatable bonds is 6. The average Bonchev–Trinajstić information content (AvgIpc) is 3.44. The topological polar surface area (TPSA) is 78.1 Å². The lowest BCUT2D eigenvalue weighted by atomic mass is 10.2. The van der Waals surface area contributed by atoms with E-state index in [2.05, 4.69) is 20.2 Å². The molecule has 1 aromatic carbocycles. The molecule has 0 bridgehead atoms. The lowest BCUT2D eigenvalue weighted by Crippen LogP contribution is -2.41. The summed E-state index contributed by atoms with van der Waals surface area (Å²) in [4.78, 5) is 33.3. The van der Waals surface area contributed by atoms with E-state index in [4.69, 9.17) is 0 Å². The fourth-order valence-corrected chi connectivity index (χ4v) is 2.52. The Morgan fingerprint density at radius 3 is 2.71 bits per heavy atom. The number of nitrogens with zero attached hydrogens (tertiary/aromatic N) is 2. The summed E-state index contributed by atoms with van der Waals surface area (Å²) in [5, 5.41) is 2.81. The predicted octanol–water partition coefficient (Wildman–Crippen LogP) is 1.90. The largest absolute Gasteiger partial charge is 0.370 e. The molecule has 0 spiro atoms. The number of carbonyl (C=O) groups is 1. The summed E-state index contributed by atoms with van der Waals surface area (Å²) < 4.78 is 0. The number of likely N-dealkylation sites (N-methyl/N-ethyl adjacent to an activating group) is 1. The summed E-state index contributed by atoms with van der Waals surface area (Å²) in [5.41, 5.74) is 0.773. The number of hydrogen-bond acceptors (Lipinski definition) is 4. The van der Waals surface area contributed by atoms with Crippen molar-refractivity contribution >= 4 is 11.6 Å². The van der Waals surface area contributed by atoms with Gasteiger partial charge in [0.05, 0.1) is 0 Å². The monoisotopic (exact) mass is 326 g/mol. The highest BCUT2D eigenvalue weighted by Gasteiger charge is 2.26. The van der Waals surface area contributed by atoms with Crippen molar-refractivity contribution in [3.05, 3.63) is 58.3 Å². The van der Waals surface area contributed by atoms with Gasteiger partial charge < -0.3 is 15.2 Å². The number of aromatic amines is 1. The number of anilines is 1. The van der Waals surface area contributed by atoms with Gasteiger partial charge in [-0.3, -0.25) is 9.59 Å². The number of para-hydroxylation sites is 1. The van der Waals surface area contributed by atoms with Crippen LogP contribution in [0.2, 0.25) is 0 Å². The predicted molar refractivity (Wildman–Crippen MR) is 93.5 cm³/mol. The second kappa shape index (κ2) is 6.86. The Kier molecular flexibility index (Phi) is 4.64. The molecule has 2 aromatic rings. The number of carbonyl (C=O) groups excluding carboxylic acids is 1. The first kappa shape index (κ1) is 16.2. The smallest absolute Gasteiger partial charge is 0.263 e. The third-order valence-electron chi connectivity index (χ3n) is 4.41. The molecule has 0 radical (unpaired) electrons. The van der Waals surface area contributed by atoms with Gasteiger partial charge >= 0.3 is 0 Å². The van der Waals surface area contributed by atoms with Crippen LogP contribution in [0.1, 0.15) is 41.9 Å². The van der Waals surface area contributed by atoms with Crippen molar-refractivity contribution < 1.29 is 4.79 Å². The minimum atomic E-state index is -0.389. The number of aromatic nitrogens is 2. The van der Waals surface area contributed by atoms with E-state index >= 15 is 0 Å². The van der Waals surface area contributed by atoms with Crippen molar-refractivity contribution in [2.75, 3.05) is 18.5 Å². The quantitative estimate of drug-likeness (QED) is 0.850. The molecular weight excluding hydrogens is 304 g/mol. The van der Waals surface area contributed by atoms with Crippen LogP contribution in [-0.2, 0) is 0 Å². The van der Waals surface area contributed by atoms with Gasteiger partial charge in [-0.15, -0.1) is 0 Å². The third kappa shape index (κ3) is 3.64. The van der Waals surface area contributed by atoms with Crippen molar-refractivity contribution in [1.29, 1.82) is 0 Å². The van der Waals surface area contributed by atoms with Crippen molar-refractivity contribution in [2.24, 2.45) is 0 Å². The molecule has 1 saturated carbocycles. The van der Waals surface area contributed by atoms with Crippen LogP contribution in [0.25, 0.3) is 0 Å². The van der Waals surface area contributed by atoms with E-state index in [-0.39, 0.29) is 23.1 Å². The van der Waals surface area contributed by atoms with Gasteiger partial charge in [0.15, 0.2) is 0 Å². The first-order valence-corrected chi connectivity index (χ1v) is 8.21.